The third-order valence-electron chi connectivity index (χ3n) is 5.48. The summed E-state index contributed by atoms with van der Waals surface area (Å²) in [6.07, 6.45) is 2.84. The van der Waals surface area contributed by atoms with Crippen LogP contribution in [0.15, 0.2) is 58.1 Å². The van der Waals surface area contributed by atoms with E-state index in [9.17, 15) is 14.9 Å². The molecule has 0 fully saturated rings. The van der Waals surface area contributed by atoms with Gasteiger partial charge < -0.3 is 21.6 Å². The molecule has 1 atom stereocenters. The molecule has 0 aliphatic carbocycles. The fourth-order valence-corrected chi connectivity index (χ4v) is 5.04. The molecule has 13 heteroatoms. The number of thiophene rings is 1. The Morgan fingerprint density at radius 2 is 1.97 bits per heavy atom. The van der Waals surface area contributed by atoms with E-state index < -0.39 is 11.9 Å². The summed E-state index contributed by atoms with van der Waals surface area (Å²) < 4.78 is 13.7. The Labute approximate surface area is 236 Å². The van der Waals surface area contributed by atoms with Crippen LogP contribution in [-0.2, 0) is 0 Å². The van der Waals surface area contributed by atoms with E-state index in [0.29, 0.717) is 44.3 Å². The van der Waals surface area contributed by atoms with Crippen molar-refractivity contribution in [3.05, 3.63) is 79.8 Å². The Bertz CT molecular complexity index is 1680. The molecule has 2 aromatic carbocycles. The topological polar surface area (TPSA) is 156 Å². The molecule has 0 amide bonds. The van der Waals surface area contributed by atoms with Gasteiger partial charge in [0.1, 0.15) is 29.7 Å². The molecule has 0 spiro atoms. The Morgan fingerprint density at radius 3 is 2.64 bits per heavy atom. The largest absolute Gasteiger partial charge is 0.394 e. The highest BCUT2D eigenvalue weighted by Gasteiger charge is 2.21. The fraction of sp³-hybridized carbons (Fsp3) is 0.115. The molecular formula is C26H19Cl2FN8OS. The van der Waals surface area contributed by atoms with Crippen LogP contribution in [0.2, 0.25) is 10.0 Å². The molecule has 0 saturated carbocycles. The number of nitrogens with one attached hydrogen (secondary N) is 2. The van der Waals surface area contributed by atoms with Crippen LogP contribution in [0.1, 0.15) is 22.0 Å². The molecule has 0 bridgehead atoms. The number of aliphatic imine (C=N–C) groups is 1. The van der Waals surface area contributed by atoms with Gasteiger partial charge >= 0.3 is 0 Å². The van der Waals surface area contributed by atoms with E-state index in [2.05, 4.69) is 37.8 Å². The minimum absolute atomic E-state index is 0.0794. The zero-order valence-electron chi connectivity index (χ0n) is 20.0. The van der Waals surface area contributed by atoms with Gasteiger partial charge in [-0.05, 0) is 36.4 Å². The molecule has 196 valence electrons. The lowest BCUT2D eigenvalue weighted by atomic mass is 10.1. The van der Waals surface area contributed by atoms with E-state index in [4.69, 9.17) is 34.2 Å². The lowest BCUT2D eigenvalue weighted by Gasteiger charge is -2.20. The predicted molar refractivity (Wildman–Crippen MR) is 154 cm³/mol. The van der Waals surface area contributed by atoms with Gasteiger partial charge in [-0.1, -0.05) is 23.2 Å². The third kappa shape index (κ3) is 6.25. The maximum Gasteiger partial charge on any atom is 0.141 e. The number of halogens is 3. The van der Waals surface area contributed by atoms with Crippen LogP contribution < -0.4 is 16.5 Å². The lowest BCUT2D eigenvalue weighted by Crippen LogP contribution is -2.23. The molecule has 2 aromatic heterocycles. The first-order valence-electron chi connectivity index (χ1n) is 11.3. The average molecular weight is 581 g/mol. The quantitative estimate of drug-likeness (QED) is 0.111. The molecule has 5 N–H and O–H groups in total. The standard InChI is InChI=1S/C26H19Cl2FN8OS/c27-19-7-16(1-2-21(19)29)35-24-15(10-31)11-34-25-18(24)6-17(8-20(25)28)36-26(22(37-32)12-33-3-4-38)23-5-14(9-30)13-39-23/h1-2,5-8,11-13,26,36,38H,3-4,32H2,(H,34,35)/t26-/m1/s1. The van der Waals surface area contributed by atoms with E-state index in [0.717, 1.165) is 4.88 Å². The number of benzene rings is 2. The van der Waals surface area contributed by atoms with E-state index in [1.807, 2.05) is 0 Å². The molecule has 0 aliphatic heterocycles. The normalized spacial score (nSPS) is 12.3. The molecular weight excluding hydrogens is 562 g/mol. The average Bonchev–Trinajstić information content (AvgIpc) is 3.42. The Morgan fingerprint density at radius 1 is 1.18 bits per heavy atom. The number of aliphatic hydroxyl groups excluding tert-OH is 1. The highest BCUT2D eigenvalue weighted by atomic mass is 35.5. The summed E-state index contributed by atoms with van der Waals surface area (Å²) in [5, 5.41) is 41.0. The number of pyridine rings is 1. The van der Waals surface area contributed by atoms with E-state index >= 15 is 0 Å². The summed E-state index contributed by atoms with van der Waals surface area (Å²) in [5.41, 5.74) is 2.84. The first-order chi connectivity index (χ1) is 18.9. The number of hydrazone groups is 1. The van der Waals surface area contributed by atoms with E-state index in [1.165, 1.54) is 41.9 Å². The third-order valence-corrected chi connectivity index (χ3v) is 7.05. The van der Waals surface area contributed by atoms with Gasteiger partial charge in [-0.3, -0.25) is 9.98 Å². The Hall–Kier alpha value is -4.26. The molecule has 2 heterocycles. The molecule has 4 rings (SSSR count). The summed E-state index contributed by atoms with van der Waals surface area (Å²) in [6.45, 7) is 0.0139. The molecule has 4 aromatic rings. The van der Waals surface area contributed by atoms with Crippen molar-refractivity contribution in [1.29, 1.82) is 10.5 Å². The number of aromatic nitrogens is 1. The van der Waals surface area contributed by atoms with Crippen LogP contribution in [0.5, 0.6) is 0 Å². The Kier molecular flexibility index (Phi) is 8.92. The van der Waals surface area contributed by atoms with Crippen molar-refractivity contribution < 1.29 is 9.50 Å². The van der Waals surface area contributed by atoms with Gasteiger partial charge in [0.15, 0.2) is 0 Å². The maximum atomic E-state index is 13.7. The smallest absolute Gasteiger partial charge is 0.141 e. The first-order valence-corrected chi connectivity index (χ1v) is 12.9. The number of fused-ring (bicyclic) bond motifs is 1. The highest BCUT2D eigenvalue weighted by Crippen LogP contribution is 2.37. The zero-order valence-corrected chi connectivity index (χ0v) is 22.3. The number of hydrogen-bond acceptors (Lipinski definition) is 10. The maximum absolute atomic E-state index is 13.7. The van der Waals surface area contributed by atoms with Gasteiger partial charge in [0.05, 0.1) is 45.5 Å². The molecule has 39 heavy (non-hydrogen) atoms. The number of anilines is 3. The molecule has 0 saturated heterocycles. The number of nitrogens with two attached hydrogens (primary N) is 1. The van der Waals surface area contributed by atoms with Crippen LogP contribution in [-0.4, -0.2) is 35.2 Å². The monoisotopic (exact) mass is 580 g/mol. The van der Waals surface area contributed by atoms with E-state index in [1.54, 1.807) is 23.6 Å². The second-order valence-electron chi connectivity index (χ2n) is 8.01. The predicted octanol–water partition coefficient (Wildman–Crippen LogP) is 5.76. The molecule has 0 aliphatic rings. The summed E-state index contributed by atoms with van der Waals surface area (Å²) in [4.78, 5) is 9.21. The lowest BCUT2D eigenvalue weighted by molar-refractivity contribution is 0.307. The number of nitriles is 2. The van der Waals surface area contributed by atoms with Crippen molar-refractivity contribution in [2.24, 2.45) is 15.9 Å². The number of aliphatic hydroxyl groups is 1. The van der Waals surface area contributed by atoms with Gasteiger partial charge in [-0.25, -0.2) is 4.39 Å². The zero-order chi connectivity index (χ0) is 27.9. The minimum atomic E-state index is -0.627. The van der Waals surface area contributed by atoms with Crippen LogP contribution >= 0.6 is 34.5 Å². The van der Waals surface area contributed by atoms with Crippen LogP contribution in [0.3, 0.4) is 0 Å². The fourth-order valence-electron chi connectivity index (χ4n) is 3.70. The van der Waals surface area contributed by atoms with Crippen molar-refractivity contribution in [2.45, 2.75) is 6.04 Å². The highest BCUT2D eigenvalue weighted by molar-refractivity contribution is 7.10. The molecule has 9 nitrogen and oxygen atoms in total. The summed E-state index contributed by atoms with van der Waals surface area (Å²) in [5.74, 6) is 5.12. The summed E-state index contributed by atoms with van der Waals surface area (Å²) >= 11 is 13.9. The van der Waals surface area contributed by atoms with Crippen LogP contribution in [0, 0.1) is 28.5 Å². The van der Waals surface area contributed by atoms with Crippen LogP contribution in [0.25, 0.3) is 10.9 Å². The van der Waals surface area contributed by atoms with Crippen molar-refractivity contribution in [3.8, 4) is 12.1 Å². The van der Waals surface area contributed by atoms with Gasteiger partial charge in [0.2, 0.25) is 0 Å². The minimum Gasteiger partial charge on any atom is -0.394 e. The van der Waals surface area contributed by atoms with Gasteiger partial charge in [-0.15, -0.1) is 11.3 Å². The van der Waals surface area contributed by atoms with E-state index in [-0.39, 0.29) is 23.7 Å². The summed E-state index contributed by atoms with van der Waals surface area (Å²) in [6, 6.07) is 12.8. The van der Waals surface area contributed by atoms with Crippen molar-refractivity contribution >= 4 is 74.4 Å². The number of hydrogen-bond donors (Lipinski definition) is 4. The second kappa shape index (κ2) is 12.5. The molecule has 0 radical (unpaired) electrons. The SMILES string of the molecule is N#Cc1csc([C@H](Nc2cc(Cl)c3ncc(C#N)c(Nc4ccc(F)c(Cl)c4)c3c2)C(C=NCCO)=NN)c1. The van der Waals surface area contributed by atoms with Gasteiger partial charge in [0, 0.05) is 39.4 Å². The number of rotatable bonds is 9. The number of nitrogens with zero attached hydrogens (tertiary/aromatic N) is 5. The van der Waals surface area contributed by atoms with Crippen molar-refractivity contribution in [3.63, 3.8) is 0 Å². The Balaban J connectivity index is 1.82. The second-order valence-corrected chi connectivity index (χ2v) is 9.76. The van der Waals surface area contributed by atoms with Crippen molar-refractivity contribution in [2.75, 3.05) is 23.8 Å². The van der Waals surface area contributed by atoms with Crippen LogP contribution in [0.4, 0.5) is 21.5 Å². The first kappa shape index (κ1) is 27.8. The summed E-state index contributed by atoms with van der Waals surface area (Å²) in [7, 11) is 0. The molecule has 0 unspecified atom stereocenters. The van der Waals surface area contributed by atoms with Gasteiger partial charge in [-0.2, -0.15) is 15.6 Å². The van der Waals surface area contributed by atoms with Gasteiger partial charge in [0.25, 0.3) is 0 Å². The van der Waals surface area contributed by atoms with Crippen molar-refractivity contribution in [1.82, 2.24) is 4.98 Å².